The van der Waals surface area contributed by atoms with E-state index < -0.39 is 11.3 Å². The van der Waals surface area contributed by atoms with Crippen LogP contribution in [0.15, 0.2) is 30.3 Å². The van der Waals surface area contributed by atoms with Crippen molar-refractivity contribution in [2.45, 2.75) is 25.1 Å². The van der Waals surface area contributed by atoms with Gasteiger partial charge in [-0.25, -0.2) is 5.06 Å². The fourth-order valence-electron chi connectivity index (χ4n) is 1.87. The molecule has 86 valence electrons. The Morgan fingerprint density at radius 2 is 1.81 bits per heavy atom. The van der Waals surface area contributed by atoms with Gasteiger partial charge in [0.15, 0.2) is 10.8 Å². The second-order valence-corrected chi connectivity index (χ2v) is 4.76. The van der Waals surface area contributed by atoms with Crippen molar-refractivity contribution in [3.63, 3.8) is 0 Å². The van der Waals surface area contributed by atoms with Crippen molar-refractivity contribution in [1.82, 2.24) is 10.4 Å². The van der Waals surface area contributed by atoms with Gasteiger partial charge in [-0.3, -0.25) is 5.21 Å². The topological polar surface area (TPSA) is 55.7 Å². The summed E-state index contributed by atoms with van der Waals surface area (Å²) in [4.78, 5) is 0. The number of thiocarbonyl (C=S) groups is 1. The van der Waals surface area contributed by atoms with E-state index in [1.54, 1.807) is 26.0 Å². The van der Waals surface area contributed by atoms with Gasteiger partial charge in [0.05, 0.1) is 0 Å². The molecular weight excluding hydrogens is 224 g/mol. The van der Waals surface area contributed by atoms with E-state index in [2.05, 4.69) is 5.32 Å². The predicted octanol–water partition coefficient (Wildman–Crippen LogP) is 1.19. The van der Waals surface area contributed by atoms with Crippen molar-refractivity contribution >= 4 is 17.3 Å². The zero-order valence-corrected chi connectivity index (χ0v) is 9.95. The van der Waals surface area contributed by atoms with Gasteiger partial charge >= 0.3 is 0 Å². The Hall–Kier alpha value is -1.17. The van der Waals surface area contributed by atoms with E-state index in [9.17, 15) is 10.3 Å². The summed E-state index contributed by atoms with van der Waals surface area (Å²) in [5, 5.41) is 24.2. The van der Waals surface area contributed by atoms with Gasteiger partial charge in [-0.1, -0.05) is 30.3 Å². The fraction of sp³-hybridized carbons (Fsp3) is 0.364. The zero-order valence-electron chi connectivity index (χ0n) is 9.14. The smallest absolute Gasteiger partial charge is 0.196 e. The summed E-state index contributed by atoms with van der Waals surface area (Å²) in [5.74, 6) is 0. The van der Waals surface area contributed by atoms with Gasteiger partial charge in [-0.05, 0) is 26.1 Å². The predicted molar refractivity (Wildman–Crippen MR) is 63.8 cm³/mol. The summed E-state index contributed by atoms with van der Waals surface area (Å²) in [5.41, 5.74) is -1.65. The second-order valence-electron chi connectivity index (χ2n) is 4.38. The third-order valence-electron chi connectivity index (χ3n) is 3.09. The molecule has 1 fully saturated rings. The molecule has 0 bridgehead atoms. The van der Waals surface area contributed by atoms with Crippen LogP contribution in [0, 0.1) is 0 Å². The second kappa shape index (κ2) is 3.41. The lowest BCUT2D eigenvalue weighted by Crippen LogP contribution is -2.54. The number of aliphatic hydroxyl groups is 1. The fourth-order valence-corrected chi connectivity index (χ4v) is 2.25. The van der Waals surface area contributed by atoms with E-state index in [-0.39, 0.29) is 5.11 Å². The maximum absolute atomic E-state index is 10.6. The van der Waals surface area contributed by atoms with E-state index in [0.717, 1.165) is 5.06 Å². The molecule has 0 spiro atoms. The standard InChI is InChI=1S/C11H14N2O2S/c1-10(2)11(14,12-9(16)13(10)15)8-6-4-3-5-7-8/h3-7,14-15H,1-2H3,(H,12,16). The highest BCUT2D eigenvalue weighted by Gasteiger charge is 2.56. The molecule has 1 saturated heterocycles. The first-order chi connectivity index (χ1) is 7.39. The molecule has 0 aromatic heterocycles. The molecular formula is C11H14N2O2S. The van der Waals surface area contributed by atoms with Crippen molar-refractivity contribution in [2.75, 3.05) is 0 Å². The van der Waals surface area contributed by atoms with Gasteiger partial charge in [-0.2, -0.15) is 0 Å². The molecule has 1 aliphatic heterocycles. The van der Waals surface area contributed by atoms with E-state index in [0.29, 0.717) is 5.56 Å². The molecule has 0 radical (unpaired) electrons. The SMILES string of the molecule is CC1(C)N(O)C(=S)NC1(O)c1ccccc1. The number of nitrogens with one attached hydrogen (secondary N) is 1. The Balaban J connectivity index is 2.51. The highest BCUT2D eigenvalue weighted by Crippen LogP contribution is 2.38. The van der Waals surface area contributed by atoms with Crippen LogP contribution >= 0.6 is 12.2 Å². The maximum Gasteiger partial charge on any atom is 0.196 e. The summed E-state index contributed by atoms with van der Waals surface area (Å²) in [6, 6.07) is 9.10. The first-order valence-corrected chi connectivity index (χ1v) is 5.39. The number of hydrogen-bond donors (Lipinski definition) is 3. The minimum absolute atomic E-state index is 0.122. The first-order valence-electron chi connectivity index (χ1n) is 4.99. The Labute approximate surface area is 99.5 Å². The summed E-state index contributed by atoms with van der Waals surface area (Å²) < 4.78 is 0. The van der Waals surface area contributed by atoms with Crippen LogP contribution in [0.3, 0.4) is 0 Å². The van der Waals surface area contributed by atoms with Gasteiger partial charge in [0.1, 0.15) is 5.54 Å². The van der Waals surface area contributed by atoms with Gasteiger partial charge in [0.2, 0.25) is 0 Å². The van der Waals surface area contributed by atoms with Gasteiger partial charge in [0.25, 0.3) is 0 Å². The summed E-state index contributed by atoms with van der Waals surface area (Å²) in [7, 11) is 0. The van der Waals surface area contributed by atoms with Crippen LogP contribution in [-0.4, -0.2) is 26.0 Å². The third-order valence-corrected chi connectivity index (χ3v) is 3.36. The lowest BCUT2D eigenvalue weighted by molar-refractivity contribution is -0.158. The zero-order chi connectivity index (χ0) is 12.0. The molecule has 1 aliphatic rings. The quantitative estimate of drug-likeness (QED) is 0.642. The summed E-state index contributed by atoms with van der Waals surface area (Å²) >= 11 is 4.94. The van der Waals surface area contributed by atoms with Crippen molar-refractivity contribution in [2.24, 2.45) is 0 Å². The average molecular weight is 238 g/mol. The normalized spacial score (nSPS) is 28.0. The number of nitrogens with zero attached hydrogens (tertiary/aromatic N) is 1. The first kappa shape index (κ1) is 11.3. The van der Waals surface area contributed by atoms with Crippen LogP contribution in [0.2, 0.25) is 0 Å². The van der Waals surface area contributed by atoms with Crippen molar-refractivity contribution in [1.29, 1.82) is 0 Å². The van der Waals surface area contributed by atoms with E-state index >= 15 is 0 Å². The molecule has 2 rings (SSSR count). The number of rotatable bonds is 1. The van der Waals surface area contributed by atoms with Crippen molar-refractivity contribution < 1.29 is 10.3 Å². The molecule has 5 heteroatoms. The molecule has 1 aromatic carbocycles. The highest BCUT2D eigenvalue weighted by molar-refractivity contribution is 7.80. The molecule has 1 unspecified atom stereocenters. The summed E-state index contributed by atoms with van der Waals surface area (Å²) in [6.07, 6.45) is 0. The molecule has 4 nitrogen and oxygen atoms in total. The van der Waals surface area contributed by atoms with Gasteiger partial charge < -0.3 is 10.4 Å². The molecule has 1 aromatic rings. The molecule has 1 heterocycles. The van der Waals surface area contributed by atoms with Gasteiger partial charge in [-0.15, -0.1) is 0 Å². The molecule has 1 atom stereocenters. The van der Waals surface area contributed by atoms with E-state index in [1.165, 1.54) is 0 Å². The van der Waals surface area contributed by atoms with Crippen LogP contribution in [-0.2, 0) is 5.72 Å². The molecule has 0 amide bonds. The number of hydroxylamine groups is 2. The molecule has 16 heavy (non-hydrogen) atoms. The van der Waals surface area contributed by atoms with Crippen LogP contribution in [0.5, 0.6) is 0 Å². The minimum atomic E-state index is -1.39. The molecule has 0 saturated carbocycles. The highest BCUT2D eigenvalue weighted by atomic mass is 32.1. The Kier molecular flexibility index (Phi) is 2.41. The van der Waals surface area contributed by atoms with Gasteiger partial charge in [0, 0.05) is 5.56 Å². The third kappa shape index (κ3) is 1.32. The monoisotopic (exact) mass is 238 g/mol. The molecule has 3 N–H and O–H groups in total. The average Bonchev–Trinajstić information content (AvgIpc) is 2.42. The number of hydrogen-bond acceptors (Lipinski definition) is 3. The molecule has 0 aliphatic carbocycles. The minimum Gasteiger partial charge on any atom is -0.365 e. The lowest BCUT2D eigenvalue weighted by atomic mass is 9.86. The van der Waals surface area contributed by atoms with Crippen LogP contribution in [0.25, 0.3) is 0 Å². The van der Waals surface area contributed by atoms with Crippen LogP contribution in [0.4, 0.5) is 0 Å². The van der Waals surface area contributed by atoms with E-state index in [1.807, 2.05) is 18.2 Å². The Bertz CT molecular complexity index is 421. The largest absolute Gasteiger partial charge is 0.365 e. The van der Waals surface area contributed by atoms with Crippen molar-refractivity contribution in [3.05, 3.63) is 35.9 Å². The Morgan fingerprint density at radius 1 is 1.25 bits per heavy atom. The van der Waals surface area contributed by atoms with E-state index in [4.69, 9.17) is 12.2 Å². The Morgan fingerprint density at radius 3 is 2.25 bits per heavy atom. The lowest BCUT2D eigenvalue weighted by Gasteiger charge is -2.37. The van der Waals surface area contributed by atoms with Crippen LogP contribution < -0.4 is 5.32 Å². The van der Waals surface area contributed by atoms with Crippen molar-refractivity contribution in [3.8, 4) is 0 Å². The summed E-state index contributed by atoms with van der Waals surface area (Å²) in [6.45, 7) is 3.43. The van der Waals surface area contributed by atoms with Crippen LogP contribution in [0.1, 0.15) is 19.4 Å². The maximum atomic E-state index is 10.6. The number of benzene rings is 1.